The van der Waals surface area contributed by atoms with Crippen molar-refractivity contribution in [1.29, 1.82) is 0 Å². The summed E-state index contributed by atoms with van der Waals surface area (Å²) in [5.74, 6) is 0.463. The van der Waals surface area contributed by atoms with Crippen LogP contribution in [-0.2, 0) is 24.1 Å². The van der Waals surface area contributed by atoms with Gasteiger partial charge in [0.15, 0.2) is 0 Å². The van der Waals surface area contributed by atoms with Gasteiger partial charge in [0.25, 0.3) is 0 Å². The highest BCUT2D eigenvalue weighted by atomic mass is 79.9. The zero-order chi connectivity index (χ0) is 19.1. The van der Waals surface area contributed by atoms with E-state index in [9.17, 15) is 9.90 Å². The first-order chi connectivity index (χ1) is 12.2. The third-order valence-electron chi connectivity index (χ3n) is 4.52. The molecule has 0 bridgehead atoms. The molecular weight excluding hydrogens is 398 g/mol. The van der Waals surface area contributed by atoms with Gasteiger partial charge in [-0.25, -0.2) is 4.79 Å². The molecule has 1 aliphatic rings. The quantitative estimate of drug-likeness (QED) is 0.741. The molecule has 2 heterocycles. The molecule has 2 aromatic rings. The molecule has 1 aromatic carbocycles. The monoisotopic (exact) mass is 421 g/mol. The molecule has 1 N–H and O–H groups in total. The molecular formula is C20H24BrNO4. The highest BCUT2D eigenvalue weighted by molar-refractivity contribution is 9.10. The first kappa shape index (κ1) is 19.0. The van der Waals surface area contributed by atoms with Crippen molar-refractivity contribution in [3.05, 3.63) is 39.5 Å². The molecule has 0 atom stereocenters. The van der Waals surface area contributed by atoms with Crippen LogP contribution in [0, 0.1) is 0 Å². The first-order valence-corrected chi connectivity index (χ1v) is 9.53. The number of fused-ring (bicyclic) bond motifs is 3. The van der Waals surface area contributed by atoms with Crippen LogP contribution in [0.15, 0.2) is 22.7 Å². The van der Waals surface area contributed by atoms with Crippen LogP contribution in [-0.4, -0.2) is 35.0 Å². The second-order valence-electron chi connectivity index (χ2n) is 7.16. The Balaban J connectivity index is 2.20. The smallest absolute Gasteiger partial charge is 0.354 e. The van der Waals surface area contributed by atoms with Gasteiger partial charge in [0.05, 0.1) is 29.5 Å². The number of ether oxygens (including phenoxy) is 2. The number of esters is 1. The number of aliphatic hydroxyl groups is 1. The molecule has 1 aliphatic heterocycles. The van der Waals surface area contributed by atoms with Gasteiger partial charge in [0.1, 0.15) is 11.4 Å². The predicted octanol–water partition coefficient (Wildman–Crippen LogP) is 3.97. The summed E-state index contributed by atoms with van der Waals surface area (Å²) in [5, 5.41) is 10.4. The molecule has 140 valence electrons. The van der Waals surface area contributed by atoms with Gasteiger partial charge >= 0.3 is 5.97 Å². The molecule has 6 heteroatoms. The Kier molecular flexibility index (Phi) is 5.17. The van der Waals surface area contributed by atoms with E-state index in [2.05, 4.69) is 15.9 Å². The molecule has 0 spiro atoms. The van der Waals surface area contributed by atoms with Crippen LogP contribution in [0.1, 0.15) is 42.4 Å². The number of nitrogens with zero attached hydrogens (tertiary/aromatic N) is 1. The normalized spacial score (nSPS) is 13.2. The lowest BCUT2D eigenvalue weighted by Crippen LogP contribution is -2.22. The van der Waals surface area contributed by atoms with Crippen molar-refractivity contribution in [3.63, 3.8) is 0 Å². The Morgan fingerprint density at radius 2 is 2.08 bits per heavy atom. The number of rotatable bonds is 5. The molecule has 0 unspecified atom stereocenters. The van der Waals surface area contributed by atoms with Crippen LogP contribution < -0.4 is 4.74 Å². The van der Waals surface area contributed by atoms with E-state index in [0.29, 0.717) is 25.3 Å². The summed E-state index contributed by atoms with van der Waals surface area (Å²) >= 11 is 3.56. The summed E-state index contributed by atoms with van der Waals surface area (Å²) in [6.45, 7) is 6.37. The number of benzene rings is 1. The van der Waals surface area contributed by atoms with Gasteiger partial charge in [-0.1, -0.05) is 0 Å². The van der Waals surface area contributed by atoms with E-state index in [4.69, 9.17) is 9.47 Å². The SMILES string of the molecule is CCOC(=O)c1cc(CC(C)(C)O)c2n1CCc1cc(OC)c(Br)cc1-2. The largest absolute Gasteiger partial charge is 0.496 e. The predicted molar refractivity (Wildman–Crippen MR) is 104 cm³/mol. The second-order valence-corrected chi connectivity index (χ2v) is 8.01. The van der Waals surface area contributed by atoms with E-state index in [1.54, 1.807) is 27.9 Å². The zero-order valence-electron chi connectivity index (χ0n) is 15.6. The fourth-order valence-corrected chi connectivity index (χ4v) is 4.05. The van der Waals surface area contributed by atoms with Crippen LogP contribution in [0.5, 0.6) is 5.75 Å². The number of aromatic nitrogens is 1. The number of hydrogen-bond acceptors (Lipinski definition) is 4. The summed E-state index contributed by atoms with van der Waals surface area (Å²) < 4.78 is 13.5. The Morgan fingerprint density at radius 3 is 2.69 bits per heavy atom. The summed E-state index contributed by atoms with van der Waals surface area (Å²) in [5.41, 5.74) is 3.80. The average molecular weight is 422 g/mol. The first-order valence-electron chi connectivity index (χ1n) is 8.74. The molecule has 3 rings (SSSR count). The van der Waals surface area contributed by atoms with E-state index >= 15 is 0 Å². The van der Waals surface area contributed by atoms with Crippen molar-refractivity contribution in [2.75, 3.05) is 13.7 Å². The van der Waals surface area contributed by atoms with Crippen LogP contribution in [0.2, 0.25) is 0 Å². The summed E-state index contributed by atoms with van der Waals surface area (Å²) in [6, 6.07) is 5.92. The molecule has 0 aliphatic carbocycles. The van der Waals surface area contributed by atoms with Crippen molar-refractivity contribution in [2.24, 2.45) is 0 Å². The van der Waals surface area contributed by atoms with E-state index < -0.39 is 5.60 Å². The minimum absolute atomic E-state index is 0.327. The van der Waals surface area contributed by atoms with Crippen LogP contribution in [0.4, 0.5) is 0 Å². The Labute approximate surface area is 162 Å². The molecule has 0 amide bonds. The molecule has 26 heavy (non-hydrogen) atoms. The van der Waals surface area contributed by atoms with E-state index in [1.807, 2.05) is 22.8 Å². The third kappa shape index (κ3) is 3.53. The van der Waals surface area contributed by atoms with Gasteiger partial charge in [0.2, 0.25) is 0 Å². The van der Waals surface area contributed by atoms with Gasteiger partial charge in [-0.15, -0.1) is 0 Å². The van der Waals surface area contributed by atoms with E-state index in [1.165, 1.54) is 5.56 Å². The van der Waals surface area contributed by atoms with Crippen molar-refractivity contribution >= 4 is 21.9 Å². The van der Waals surface area contributed by atoms with Crippen molar-refractivity contribution < 1.29 is 19.4 Å². The minimum Gasteiger partial charge on any atom is -0.496 e. The number of carbonyl (C=O) groups is 1. The standard InChI is InChI=1S/C20H24BrNO4/c1-5-26-19(23)16-8-13(11-20(2,3)24)18-14-10-15(21)17(25-4)9-12(14)6-7-22(16)18/h8-10,24H,5-7,11H2,1-4H3. The minimum atomic E-state index is -0.879. The van der Waals surface area contributed by atoms with Gasteiger partial charge in [-0.2, -0.15) is 0 Å². The van der Waals surface area contributed by atoms with Gasteiger partial charge in [-0.3, -0.25) is 0 Å². The summed E-state index contributed by atoms with van der Waals surface area (Å²) in [7, 11) is 1.65. The van der Waals surface area contributed by atoms with Gasteiger partial charge in [-0.05, 0) is 72.4 Å². The van der Waals surface area contributed by atoms with Crippen LogP contribution >= 0.6 is 15.9 Å². The maximum Gasteiger partial charge on any atom is 0.354 e. The highest BCUT2D eigenvalue weighted by Gasteiger charge is 2.29. The fourth-order valence-electron chi connectivity index (χ4n) is 3.54. The van der Waals surface area contributed by atoms with Gasteiger partial charge in [0, 0.05) is 18.5 Å². The second kappa shape index (κ2) is 7.08. The Morgan fingerprint density at radius 1 is 1.35 bits per heavy atom. The van der Waals surface area contributed by atoms with Crippen LogP contribution in [0.3, 0.4) is 0 Å². The molecule has 0 radical (unpaired) electrons. The van der Waals surface area contributed by atoms with Crippen LogP contribution in [0.25, 0.3) is 11.3 Å². The molecule has 5 nitrogen and oxygen atoms in total. The van der Waals surface area contributed by atoms with Gasteiger partial charge < -0.3 is 19.1 Å². The zero-order valence-corrected chi connectivity index (χ0v) is 17.1. The lowest BCUT2D eigenvalue weighted by Gasteiger charge is -2.25. The highest BCUT2D eigenvalue weighted by Crippen LogP contribution is 2.41. The van der Waals surface area contributed by atoms with Crippen molar-refractivity contribution in [2.45, 2.75) is 45.8 Å². The summed E-state index contributed by atoms with van der Waals surface area (Å²) in [4.78, 5) is 12.4. The number of aryl methyl sites for hydroxylation is 1. The Bertz CT molecular complexity index is 848. The number of methoxy groups -OCH3 is 1. The molecule has 0 saturated heterocycles. The number of hydrogen-bond donors (Lipinski definition) is 1. The number of halogens is 1. The average Bonchev–Trinajstić information content (AvgIpc) is 2.91. The summed E-state index contributed by atoms with van der Waals surface area (Å²) in [6.07, 6.45) is 1.25. The maximum absolute atomic E-state index is 12.4. The Hall–Kier alpha value is -1.79. The third-order valence-corrected chi connectivity index (χ3v) is 5.14. The topological polar surface area (TPSA) is 60.7 Å². The lowest BCUT2D eigenvalue weighted by molar-refractivity contribution is 0.0513. The maximum atomic E-state index is 12.4. The number of carbonyl (C=O) groups excluding carboxylic acids is 1. The fraction of sp³-hybridized carbons (Fsp3) is 0.450. The molecule has 0 fully saturated rings. The lowest BCUT2D eigenvalue weighted by atomic mass is 9.92. The molecule has 0 saturated carbocycles. The molecule has 1 aromatic heterocycles. The van der Waals surface area contributed by atoms with Crippen molar-refractivity contribution in [1.82, 2.24) is 4.57 Å². The van der Waals surface area contributed by atoms with E-state index in [-0.39, 0.29) is 5.97 Å². The van der Waals surface area contributed by atoms with E-state index in [0.717, 1.165) is 33.5 Å². The van der Waals surface area contributed by atoms with Crippen molar-refractivity contribution in [3.8, 4) is 17.0 Å².